The van der Waals surface area contributed by atoms with Gasteiger partial charge in [-0.25, -0.2) is 9.97 Å². The summed E-state index contributed by atoms with van der Waals surface area (Å²) in [7, 11) is 0. The molecule has 6 nitrogen and oxygen atoms in total. The first-order chi connectivity index (χ1) is 15.5. The molecule has 2 N–H and O–H groups in total. The zero-order valence-corrected chi connectivity index (χ0v) is 18.0. The van der Waals surface area contributed by atoms with Gasteiger partial charge in [-0.3, -0.25) is 9.69 Å². The number of hydrogen-bond donors (Lipinski definition) is 2. The Morgan fingerprint density at radius 3 is 2.66 bits per heavy atom. The van der Waals surface area contributed by atoms with Gasteiger partial charge in [0.1, 0.15) is 17.9 Å². The summed E-state index contributed by atoms with van der Waals surface area (Å²) in [5, 5.41) is 13.7. The van der Waals surface area contributed by atoms with Crippen molar-refractivity contribution in [3.05, 3.63) is 83.6 Å². The third-order valence-corrected chi connectivity index (χ3v) is 4.97. The lowest BCUT2D eigenvalue weighted by Crippen LogP contribution is -2.19. The summed E-state index contributed by atoms with van der Waals surface area (Å²) >= 11 is 6.51. The van der Waals surface area contributed by atoms with Gasteiger partial charge in [0.25, 0.3) is 0 Å². The minimum Gasteiger partial charge on any atom is -0.508 e. The van der Waals surface area contributed by atoms with Gasteiger partial charge in [-0.1, -0.05) is 41.6 Å². The molecular formula is C25H19ClN4O2. The lowest BCUT2D eigenvalue weighted by molar-refractivity contribution is -0.118. The molecule has 32 heavy (non-hydrogen) atoms. The molecular weight excluding hydrogens is 424 g/mol. The number of phenols is 1. The highest BCUT2D eigenvalue weighted by Gasteiger charge is 2.19. The van der Waals surface area contributed by atoms with Crippen LogP contribution in [0.4, 0.5) is 17.2 Å². The van der Waals surface area contributed by atoms with Gasteiger partial charge < -0.3 is 10.4 Å². The number of anilines is 3. The molecule has 0 bridgehead atoms. The Balaban J connectivity index is 1.87. The van der Waals surface area contributed by atoms with E-state index in [9.17, 15) is 9.90 Å². The van der Waals surface area contributed by atoms with Crippen LogP contribution in [0.2, 0.25) is 5.02 Å². The minimum atomic E-state index is -0.127. The number of phenolic OH excluding ortho intramolecular Hbond substituents is 1. The topological polar surface area (TPSA) is 78.4 Å². The molecule has 0 unspecified atom stereocenters. The summed E-state index contributed by atoms with van der Waals surface area (Å²) in [6.45, 7) is 1.72. The summed E-state index contributed by atoms with van der Waals surface area (Å²) in [5.41, 5.74) is 3.03. The molecule has 4 rings (SSSR count). The first-order valence-electron chi connectivity index (χ1n) is 9.85. The molecule has 7 heteroatoms. The van der Waals surface area contributed by atoms with Crippen molar-refractivity contribution in [1.82, 2.24) is 15.3 Å². The number of aromatic nitrogens is 2. The molecule has 3 aromatic carbocycles. The molecule has 0 radical (unpaired) electrons. The third kappa shape index (κ3) is 4.64. The predicted octanol–water partition coefficient (Wildman–Crippen LogP) is 4.95. The highest BCUT2D eigenvalue weighted by atomic mass is 35.5. The van der Waals surface area contributed by atoms with Crippen LogP contribution >= 0.6 is 11.6 Å². The monoisotopic (exact) mass is 442 g/mol. The molecule has 0 saturated carbocycles. The fraction of sp³-hybridized carbons (Fsp3) is 0.0800. The highest BCUT2D eigenvalue weighted by molar-refractivity contribution is 6.33. The molecule has 0 aliphatic carbocycles. The van der Waals surface area contributed by atoms with Crippen molar-refractivity contribution in [2.24, 2.45) is 0 Å². The molecule has 1 amide bonds. The first-order valence-corrected chi connectivity index (χ1v) is 10.2. The van der Waals surface area contributed by atoms with E-state index in [0.717, 1.165) is 22.2 Å². The number of benzene rings is 3. The van der Waals surface area contributed by atoms with Crippen molar-refractivity contribution in [1.29, 1.82) is 0 Å². The molecule has 4 aromatic rings. The number of aromatic hydroxyl groups is 1. The van der Waals surface area contributed by atoms with E-state index in [-0.39, 0.29) is 18.2 Å². The predicted molar refractivity (Wildman–Crippen MR) is 126 cm³/mol. The molecule has 0 atom stereocenters. The Kier molecular flexibility index (Phi) is 6.20. The van der Waals surface area contributed by atoms with Gasteiger partial charge in [-0.15, -0.1) is 0 Å². The van der Waals surface area contributed by atoms with E-state index in [2.05, 4.69) is 27.1 Å². The smallest absolute Gasteiger partial charge is 0.217 e. The van der Waals surface area contributed by atoms with E-state index in [0.29, 0.717) is 16.5 Å². The van der Waals surface area contributed by atoms with Crippen LogP contribution in [0, 0.1) is 11.8 Å². The van der Waals surface area contributed by atoms with Crippen LogP contribution in [-0.2, 0) is 4.79 Å². The number of nitrogens with one attached hydrogen (secondary N) is 1. The summed E-state index contributed by atoms with van der Waals surface area (Å²) in [6, 6.07) is 20.2. The molecule has 0 saturated heterocycles. The standard InChI is InChI=1S/C25H19ClN4O2/c1-17(31)27-13-5-6-18-9-11-23-21(14-18)25(29-16-28-23)30(19-7-3-2-4-8-19)24-12-10-20(32)15-22(24)26/h2-4,7-12,14-16,32H,13H2,1H3,(H,27,31). The van der Waals surface area contributed by atoms with Gasteiger partial charge in [0.2, 0.25) is 5.91 Å². The lowest BCUT2D eigenvalue weighted by atomic mass is 10.1. The maximum absolute atomic E-state index is 11.0. The summed E-state index contributed by atoms with van der Waals surface area (Å²) < 4.78 is 0. The number of nitrogens with zero attached hydrogens (tertiary/aromatic N) is 3. The molecule has 0 fully saturated rings. The maximum Gasteiger partial charge on any atom is 0.217 e. The average molecular weight is 443 g/mol. The van der Waals surface area contributed by atoms with Crippen LogP contribution in [0.25, 0.3) is 10.9 Å². The molecule has 0 aliphatic rings. The van der Waals surface area contributed by atoms with E-state index in [4.69, 9.17) is 11.6 Å². The summed E-state index contributed by atoms with van der Waals surface area (Å²) in [4.78, 5) is 21.9. The number of para-hydroxylation sites is 1. The number of fused-ring (bicyclic) bond motifs is 1. The zero-order chi connectivity index (χ0) is 22.5. The number of rotatable bonds is 4. The third-order valence-electron chi connectivity index (χ3n) is 4.67. The van der Waals surface area contributed by atoms with E-state index in [1.165, 1.54) is 19.3 Å². The van der Waals surface area contributed by atoms with Crippen LogP contribution in [0.1, 0.15) is 12.5 Å². The fourth-order valence-corrected chi connectivity index (χ4v) is 3.50. The number of carbonyl (C=O) groups excluding carboxylic acids is 1. The lowest BCUT2D eigenvalue weighted by Gasteiger charge is -2.26. The Bertz CT molecular complexity index is 1350. The number of hydrogen-bond acceptors (Lipinski definition) is 5. The van der Waals surface area contributed by atoms with Gasteiger partial charge >= 0.3 is 0 Å². The van der Waals surface area contributed by atoms with Gasteiger partial charge in [-0.2, -0.15) is 0 Å². The average Bonchev–Trinajstić information content (AvgIpc) is 2.79. The highest BCUT2D eigenvalue weighted by Crippen LogP contribution is 2.41. The van der Waals surface area contributed by atoms with Crippen LogP contribution < -0.4 is 10.2 Å². The summed E-state index contributed by atoms with van der Waals surface area (Å²) in [5.74, 6) is 6.58. The van der Waals surface area contributed by atoms with Gasteiger partial charge in [0.05, 0.1) is 22.8 Å². The van der Waals surface area contributed by atoms with Crippen LogP contribution in [-0.4, -0.2) is 27.5 Å². The molecule has 0 spiro atoms. The second kappa shape index (κ2) is 9.38. The van der Waals surface area contributed by atoms with Gasteiger partial charge in [0, 0.05) is 29.6 Å². The number of amides is 1. The van der Waals surface area contributed by atoms with Gasteiger partial charge in [-0.05, 0) is 42.5 Å². The normalized spacial score (nSPS) is 10.3. The number of halogens is 1. The van der Waals surface area contributed by atoms with E-state index in [1.807, 2.05) is 53.4 Å². The quantitative estimate of drug-likeness (QED) is 0.437. The van der Waals surface area contributed by atoms with Crippen molar-refractivity contribution in [2.45, 2.75) is 6.92 Å². The first kappa shape index (κ1) is 21.2. The Morgan fingerprint density at radius 1 is 1.09 bits per heavy atom. The fourth-order valence-electron chi connectivity index (χ4n) is 3.24. The van der Waals surface area contributed by atoms with Crippen molar-refractivity contribution in [3.63, 3.8) is 0 Å². The molecule has 0 aliphatic heterocycles. The Hall–Kier alpha value is -4.08. The molecule has 158 valence electrons. The van der Waals surface area contributed by atoms with Crippen molar-refractivity contribution in [2.75, 3.05) is 11.4 Å². The largest absolute Gasteiger partial charge is 0.508 e. The SMILES string of the molecule is CC(=O)NCC#Cc1ccc2ncnc(N(c3ccccc3)c3ccc(O)cc3Cl)c2c1. The van der Waals surface area contributed by atoms with Gasteiger partial charge in [0.15, 0.2) is 0 Å². The van der Waals surface area contributed by atoms with Crippen molar-refractivity contribution < 1.29 is 9.90 Å². The molecule has 1 aromatic heterocycles. The maximum atomic E-state index is 11.0. The van der Waals surface area contributed by atoms with Crippen LogP contribution in [0.3, 0.4) is 0 Å². The van der Waals surface area contributed by atoms with Crippen LogP contribution in [0.15, 0.2) is 73.1 Å². The van der Waals surface area contributed by atoms with E-state index in [1.54, 1.807) is 12.1 Å². The van der Waals surface area contributed by atoms with Crippen molar-refractivity contribution >= 4 is 45.6 Å². The van der Waals surface area contributed by atoms with Crippen LogP contribution in [0.5, 0.6) is 5.75 Å². The van der Waals surface area contributed by atoms with Crippen molar-refractivity contribution in [3.8, 4) is 17.6 Å². The zero-order valence-electron chi connectivity index (χ0n) is 17.2. The minimum absolute atomic E-state index is 0.0797. The van der Waals surface area contributed by atoms with E-state index < -0.39 is 0 Å². The second-order valence-corrected chi connectivity index (χ2v) is 7.35. The van der Waals surface area contributed by atoms with E-state index >= 15 is 0 Å². The Morgan fingerprint density at radius 2 is 1.91 bits per heavy atom. The summed E-state index contributed by atoms with van der Waals surface area (Å²) in [6.07, 6.45) is 1.50. The number of carbonyl (C=O) groups is 1. The second-order valence-electron chi connectivity index (χ2n) is 6.95. The Labute approximate surface area is 190 Å². The molecule has 1 heterocycles.